The third kappa shape index (κ3) is 4.94. The van der Waals surface area contributed by atoms with Gasteiger partial charge in [-0.1, -0.05) is 12.1 Å². The molecule has 0 aliphatic carbocycles. The van der Waals surface area contributed by atoms with E-state index in [2.05, 4.69) is 24.1 Å². The molecule has 1 aromatic rings. The second-order valence-electron chi connectivity index (χ2n) is 6.44. The highest BCUT2D eigenvalue weighted by Crippen LogP contribution is 2.20. The van der Waals surface area contributed by atoms with Gasteiger partial charge in [-0.2, -0.15) is 0 Å². The normalized spacial score (nSPS) is 18.0. The first-order chi connectivity index (χ1) is 11.0. The van der Waals surface area contributed by atoms with Crippen LogP contribution >= 0.6 is 0 Å². The van der Waals surface area contributed by atoms with E-state index >= 15 is 0 Å². The molecule has 0 radical (unpaired) electrons. The first-order valence-corrected chi connectivity index (χ1v) is 8.35. The molecule has 0 aromatic heterocycles. The Balaban J connectivity index is 1.77. The molecular formula is C18H28N2O3. The minimum atomic E-state index is -0.694. The second kappa shape index (κ2) is 8.31. The number of nitrogens with zero attached hydrogens (tertiary/aromatic N) is 1. The van der Waals surface area contributed by atoms with Gasteiger partial charge in [-0.3, -0.25) is 4.79 Å². The van der Waals surface area contributed by atoms with Crippen molar-refractivity contribution in [1.29, 1.82) is 0 Å². The van der Waals surface area contributed by atoms with Crippen LogP contribution in [-0.4, -0.2) is 48.7 Å². The lowest BCUT2D eigenvalue weighted by molar-refractivity contribution is -0.127. The molecule has 1 saturated heterocycles. The standard InChI is InChI=1S/C18H28N2O3/c1-13(2)20-10-8-15(9-11-20)18(22)19-12-17(21)14-4-6-16(23-3)7-5-14/h4-7,13,15,17,21H,8-12H2,1-3H3,(H,19,22). The Hall–Kier alpha value is -1.59. The zero-order chi connectivity index (χ0) is 16.8. The molecule has 1 aliphatic heterocycles. The molecule has 5 heteroatoms. The third-order valence-electron chi connectivity index (χ3n) is 4.60. The zero-order valence-corrected chi connectivity index (χ0v) is 14.3. The van der Waals surface area contributed by atoms with Crippen LogP contribution in [0.3, 0.4) is 0 Å². The molecule has 23 heavy (non-hydrogen) atoms. The van der Waals surface area contributed by atoms with E-state index in [4.69, 9.17) is 4.74 Å². The number of likely N-dealkylation sites (tertiary alicyclic amines) is 1. The van der Waals surface area contributed by atoms with Gasteiger partial charge in [0.05, 0.1) is 13.2 Å². The fourth-order valence-electron chi connectivity index (χ4n) is 2.96. The lowest BCUT2D eigenvalue weighted by atomic mass is 9.95. The number of aliphatic hydroxyl groups excluding tert-OH is 1. The number of methoxy groups -OCH3 is 1. The molecule has 1 aliphatic rings. The monoisotopic (exact) mass is 320 g/mol. The van der Waals surface area contributed by atoms with Crippen LogP contribution in [0.1, 0.15) is 38.4 Å². The molecule has 0 spiro atoms. The van der Waals surface area contributed by atoms with Crippen LogP contribution in [0.2, 0.25) is 0 Å². The van der Waals surface area contributed by atoms with Crippen molar-refractivity contribution in [2.45, 2.75) is 38.8 Å². The highest BCUT2D eigenvalue weighted by molar-refractivity contribution is 5.78. The largest absolute Gasteiger partial charge is 0.497 e. The van der Waals surface area contributed by atoms with Gasteiger partial charge in [-0.25, -0.2) is 0 Å². The van der Waals surface area contributed by atoms with E-state index in [9.17, 15) is 9.90 Å². The SMILES string of the molecule is COc1ccc(C(O)CNC(=O)C2CCN(C(C)C)CC2)cc1. The zero-order valence-electron chi connectivity index (χ0n) is 14.3. The highest BCUT2D eigenvalue weighted by atomic mass is 16.5. The molecule has 0 saturated carbocycles. The topological polar surface area (TPSA) is 61.8 Å². The Morgan fingerprint density at radius 1 is 1.30 bits per heavy atom. The van der Waals surface area contributed by atoms with Crippen LogP contribution in [0.5, 0.6) is 5.75 Å². The molecular weight excluding hydrogens is 292 g/mol. The lowest BCUT2D eigenvalue weighted by Crippen LogP contribution is -2.43. The molecule has 1 fully saturated rings. The predicted molar refractivity (Wildman–Crippen MR) is 90.4 cm³/mol. The fraction of sp³-hybridized carbons (Fsp3) is 0.611. The average Bonchev–Trinajstić information content (AvgIpc) is 2.59. The first kappa shape index (κ1) is 17.8. The van der Waals surface area contributed by atoms with E-state index in [0.717, 1.165) is 37.2 Å². The van der Waals surface area contributed by atoms with Crippen LogP contribution in [0, 0.1) is 5.92 Å². The third-order valence-corrected chi connectivity index (χ3v) is 4.60. The number of benzene rings is 1. The van der Waals surface area contributed by atoms with Gasteiger partial charge in [0.1, 0.15) is 5.75 Å². The van der Waals surface area contributed by atoms with Gasteiger partial charge in [-0.05, 0) is 57.5 Å². The van der Waals surface area contributed by atoms with E-state index in [-0.39, 0.29) is 18.4 Å². The summed E-state index contributed by atoms with van der Waals surface area (Å²) >= 11 is 0. The van der Waals surface area contributed by atoms with Crippen LogP contribution in [0.25, 0.3) is 0 Å². The van der Waals surface area contributed by atoms with Crippen molar-refractivity contribution in [3.8, 4) is 5.75 Å². The quantitative estimate of drug-likeness (QED) is 0.841. The van der Waals surface area contributed by atoms with E-state index in [0.29, 0.717) is 6.04 Å². The first-order valence-electron chi connectivity index (χ1n) is 8.35. The number of rotatable bonds is 6. The summed E-state index contributed by atoms with van der Waals surface area (Å²) in [6.07, 6.45) is 1.09. The maximum Gasteiger partial charge on any atom is 0.223 e. The van der Waals surface area contributed by atoms with Gasteiger partial charge >= 0.3 is 0 Å². The number of carbonyl (C=O) groups excluding carboxylic acids is 1. The number of piperidine rings is 1. The number of ether oxygens (including phenoxy) is 1. The molecule has 1 aromatic carbocycles. The lowest BCUT2D eigenvalue weighted by Gasteiger charge is -2.34. The minimum absolute atomic E-state index is 0.0565. The molecule has 1 unspecified atom stereocenters. The smallest absolute Gasteiger partial charge is 0.223 e. The summed E-state index contributed by atoms with van der Waals surface area (Å²) in [5.41, 5.74) is 0.778. The maximum absolute atomic E-state index is 12.3. The number of nitrogens with one attached hydrogen (secondary N) is 1. The van der Waals surface area contributed by atoms with Crippen molar-refractivity contribution in [2.24, 2.45) is 5.92 Å². The van der Waals surface area contributed by atoms with Crippen molar-refractivity contribution in [1.82, 2.24) is 10.2 Å². The van der Waals surface area contributed by atoms with Crippen LogP contribution in [0.15, 0.2) is 24.3 Å². The van der Waals surface area contributed by atoms with Crippen molar-refractivity contribution in [3.63, 3.8) is 0 Å². The Labute approximate surface area is 138 Å². The number of aliphatic hydroxyl groups is 1. The number of carbonyl (C=O) groups is 1. The predicted octanol–water partition coefficient (Wildman–Crippen LogP) is 1.97. The number of hydrogen-bond donors (Lipinski definition) is 2. The van der Waals surface area contributed by atoms with E-state index < -0.39 is 6.10 Å². The van der Waals surface area contributed by atoms with Crippen LogP contribution in [0.4, 0.5) is 0 Å². The van der Waals surface area contributed by atoms with E-state index in [1.165, 1.54) is 0 Å². The summed E-state index contributed by atoms with van der Waals surface area (Å²) in [6, 6.07) is 7.79. The van der Waals surface area contributed by atoms with Gasteiger partial charge in [0.2, 0.25) is 5.91 Å². The number of amides is 1. The highest BCUT2D eigenvalue weighted by Gasteiger charge is 2.26. The molecule has 2 rings (SSSR count). The number of hydrogen-bond acceptors (Lipinski definition) is 4. The van der Waals surface area contributed by atoms with Gasteiger partial charge in [0.15, 0.2) is 0 Å². The van der Waals surface area contributed by atoms with E-state index in [1.54, 1.807) is 7.11 Å². The molecule has 2 N–H and O–H groups in total. The molecule has 5 nitrogen and oxygen atoms in total. The molecule has 1 atom stereocenters. The van der Waals surface area contributed by atoms with Crippen molar-refractivity contribution in [2.75, 3.05) is 26.7 Å². The molecule has 128 valence electrons. The summed E-state index contributed by atoms with van der Waals surface area (Å²) in [5, 5.41) is 13.1. The second-order valence-corrected chi connectivity index (χ2v) is 6.44. The Bertz CT molecular complexity index is 493. The van der Waals surface area contributed by atoms with Crippen LogP contribution < -0.4 is 10.1 Å². The average molecular weight is 320 g/mol. The molecule has 1 heterocycles. The molecule has 0 bridgehead atoms. The fourth-order valence-corrected chi connectivity index (χ4v) is 2.96. The van der Waals surface area contributed by atoms with Crippen molar-refractivity contribution >= 4 is 5.91 Å². The Kier molecular flexibility index (Phi) is 6.42. The summed E-state index contributed by atoms with van der Waals surface area (Å²) in [6.45, 7) is 6.56. The maximum atomic E-state index is 12.3. The summed E-state index contributed by atoms with van der Waals surface area (Å²) in [7, 11) is 1.61. The van der Waals surface area contributed by atoms with Gasteiger partial charge in [0.25, 0.3) is 0 Å². The van der Waals surface area contributed by atoms with Crippen LogP contribution in [-0.2, 0) is 4.79 Å². The summed E-state index contributed by atoms with van der Waals surface area (Å²) in [5.74, 6) is 0.871. The van der Waals surface area contributed by atoms with Crippen molar-refractivity contribution < 1.29 is 14.6 Å². The van der Waals surface area contributed by atoms with Crippen molar-refractivity contribution in [3.05, 3.63) is 29.8 Å². The minimum Gasteiger partial charge on any atom is -0.497 e. The van der Waals surface area contributed by atoms with E-state index in [1.807, 2.05) is 24.3 Å². The molecule has 1 amide bonds. The Morgan fingerprint density at radius 3 is 2.43 bits per heavy atom. The van der Waals surface area contributed by atoms with Gasteiger partial charge < -0.3 is 20.1 Å². The van der Waals surface area contributed by atoms with Gasteiger partial charge in [-0.15, -0.1) is 0 Å². The van der Waals surface area contributed by atoms with Gasteiger partial charge in [0, 0.05) is 18.5 Å². The summed E-state index contributed by atoms with van der Waals surface area (Å²) < 4.78 is 5.10. The Morgan fingerprint density at radius 2 is 1.91 bits per heavy atom. The summed E-state index contributed by atoms with van der Waals surface area (Å²) in [4.78, 5) is 14.6.